The predicted molar refractivity (Wildman–Crippen MR) is 123 cm³/mol. The first kappa shape index (κ1) is 21.3. The minimum absolute atomic E-state index is 0.144. The van der Waals surface area contributed by atoms with E-state index in [0.29, 0.717) is 12.2 Å². The zero-order chi connectivity index (χ0) is 20.9. The smallest absolute Gasteiger partial charge is 0.264 e. The Balaban J connectivity index is 1.83. The molecule has 0 aliphatic rings. The molecule has 1 N–H and O–H groups in total. The minimum atomic E-state index is -3.88. The van der Waals surface area contributed by atoms with Crippen LogP contribution in [0.5, 0.6) is 0 Å². The van der Waals surface area contributed by atoms with E-state index in [2.05, 4.69) is 27.9 Å². The number of rotatable bonds is 7. The fourth-order valence-corrected chi connectivity index (χ4v) is 4.65. The van der Waals surface area contributed by atoms with Crippen LogP contribution in [0.25, 0.3) is 0 Å². The van der Waals surface area contributed by atoms with E-state index < -0.39 is 10.0 Å². The Morgan fingerprint density at radius 2 is 1.66 bits per heavy atom. The first-order valence-corrected chi connectivity index (χ1v) is 11.5. The summed E-state index contributed by atoms with van der Waals surface area (Å²) in [7, 11) is -3.88. The van der Waals surface area contributed by atoms with E-state index in [1.54, 1.807) is 30.3 Å². The maximum Gasteiger partial charge on any atom is 0.264 e. The van der Waals surface area contributed by atoms with Gasteiger partial charge in [-0.25, -0.2) is 8.42 Å². The van der Waals surface area contributed by atoms with Crippen LogP contribution in [0.15, 0.2) is 83.8 Å². The van der Waals surface area contributed by atoms with Gasteiger partial charge in [-0.3, -0.25) is 9.10 Å². The van der Waals surface area contributed by atoms with Gasteiger partial charge < -0.3 is 5.32 Å². The Hall–Kier alpha value is -2.39. The second-order valence-electron chi connectivity index (χ2n) is 6.57. The van der Waals surface area contributed by atoms with Crippen molar-refractivity contribution in [2.45, 2.75) is 18.4 Å². The molecule has 0 aromatic heterocycles. The molecule has 0 heterocycles. The first-order valence-electron chi connectivity index (χ1n) is 9.02. The number of amides is 1. The van der Waals surface area contributed by atoms with Gasteiger partial charge in [0.1, 0.15) is 6.54 Å². The number of anilines is 1. The number of aryl methyl sites for hydroxylation is 1. The molecule has 0 aliphatic carbocycles. The lowest BCUT2D eigenvalue weighted by Crippen LogP contribution is -2.40. The van der Waals surface area contributed by atoms with Crippen LogP contribution in [-0.2, 0) is 21.4 Å². The Morgan fingerprint density at radius 1 is 0.966 bits per heavy atom. The van der Waals surface area contributed by atoms with Crippen molar-refractivity contribution in [1.29, 1.82) is 0 Å². The molecule has 0 unspecified atom stereocenters. The van der Waals surface area contributed by atoms with Crippen LogP contribution in [-0.4, -0.2) is 20.9 Å². The van der Waals surface area contributed by atoms with E-state index >= 15 is 0 Å². The van der Waals surface area contributed by atoms with E-state index in [1.807, 2.05) is 43.3 Å². The summed E-state index contributed by atoms with van der Waals surface area (Å²) in [4.78, 5) is 12.8. The Kier molecular flexibility index (Phi) is 6.92. The van der Waals surface area contributed by atoms with Gasteiger partial charge in [-0.2, -0.15) is 0 Å². The highest BCUT2D eigenvalue weighted by molar-refractivity contribution is 14.1. The molecule has 5 nitrogen and oxygen atoms in total. The monoisotopic (exact) mass is 520 g/mol. The Bertz CT molecular complexity index is 1080. The zero-order valence-corrected chi connectivity index (χ0v) is 18.9. The SMILES string of the molecule is Cc1cccc(CNC(=O)CN(c2ccc(I)cc2)S(=O)(=O)c2ccccc2)c1. The lowest BCUT2D eigenvalue weighted by molar-refractivity contribution is -0.119. The summed E-state index contributed by atoms with van der Waals surface area (Å²) in [6.45, 7) is 2.02. The van der Waals surface area contributed by atoms with Crippen molar-refractivity contribution >= 4 is 44.2 Å². The molecule has 3 rings (SSSR count). The van der Waals surface area contributed by atoms with Crippen LogP contribution >= 0.6 is 22.6 Å². The number of benzene rings is 3. The van der Waals surface area contributed by atoms with Crippen LogP contribution < -0.4 is 9.62 Å². The topological polar surface area (TPSA) is 66.5 Å². The van der Waals surface area contributed by atoms with Gasteiger partial charge in [0, 0.05) is 10.1 Å². The highest BCUT2D eigenvalue weighted by Gasteiger charge is 2.27. The number of nitrogens with zero attached hydrogens (tertiary/aromatic N) is 1. The molecule has 150 valence electrons. The number of halogens is 1. The van der Waals surface area contributed by atoms with Gasteiger partial charge >= 0.3 is 0 Å². The van der Waals surface area contributed by atoms with Gasteiger partial charge in [0.2, 0.25) is 5.91 Å². The fourth-order valence-electron chi connectivity index (χ4n) is 2.85. The number of carbonyl (C=O) groups excluding carboxylic acids is 1. The van der Waals surface area contributed by atoms with Crippen LogP contribution in [0.3, 0.4) is 0 Å². The predicted octanol–water partition coefficient (Wildman–Crippen LogP) is 4.11. The summed E-state index contributed by atoms with van der Waals surface area (Å²) in [6, 6.07) is 23.0. The maximum atomic E-state index is 13.2. The van der Waals surface area contributed by atoms with E-state index in [-0.39, 0.29) is 17.3 Å². The summed E-state index contributed by atoms with van der Waals surface area (Å²) >= 11 is 2.15. The van der Waals surface area contributed by atoms with Crippen molar-refractivity contribution in [1.82, 2.24) is 5.32 Å². The third-order valence-electron chi connectivity index (χ3n) is 4.31. The molecular weight excluding hydrogens is 499 g/mol. The van der Waals surface area contributed by atoms with Gasteiger partial charge in [0.15, 0.2) is 0 Å². The van der Waals surface area contributed by atoms with Crippen LogP contribution in [0.1, 0.15) is 11.1 Å². The van der Waals surface area contributed by atoms with Gasteiger partial charge in [-0.15, -0.1) is 0 Å². The van der Waals surface area contributed by atoms with Gasteiger partial charge in [-0.1, -0.05) is 48.0 Å². The quantitative estimate of drug-likeness (QED) is 0.477. The fraction of sp³-hybridized carbons (Fsp3) is 0.136. The standard InChI is InChI=1S/C22H21IN2O3S/c1-17-6-5-7-18(14-17)15-24-22(26)16-25(20-12-10-19(23)11-13-20)29(27,28)21-8-3-2-4-9-21/h2-14H,15-16H2,1H3,(H,24,26). The molecule has 0 atom stereocenters. The van der Waals surface area contributed by atoms with E-state index in [1.165, 1.54) is 12.1 Å². The van der Waals surface area contributed by atoms with Gasteiger partial charge in [-0.05, 0) is 71.5 Å². The molecule has 0 saturated carbocycles. The number of sulfonamides is 1. The van der Waals surface area contributed by atoms with Crippen LogP contribution in [0.2, 0.25) is 0 Å². The highest BCUT2D eigenvalue weighted by Crippen LogP contribution is 2.24. The average molecular weight is 520 g/mol. The van der Waals surface area contributed by atoms with Crippen molar-refractivity contribution in [3.63, 3.8) is 0 Å². The molecule has 0 aliphatic heterocycles. The van der Waals surface area contributed by atoms with Gasteiger partial charge in [0.25, 0.3) is 10.0 Å². The number of hydrogen-bond donors (Lipinski definition) is 1. The molecule has 0 saturated heterocycles. The number of hydrogen-bond acceptors (Lipinski definition) is 3. The lowest BCUT2D eigenvalue weighted by Gasteiger charge is -2.24. The number of carbonyl (C=O) groups is 1. The molecule has 0 radical (unpaired) electrons. The third-order valence-corrected chi connectivity index (χ3v) is 6.81. The summed E-state index contributed by atoms with van der Waals surface area (Å²) < 4.78 is 28.6. The third kappa shape index (κ3) is 5.57. The Labute approximate surface area is 184 Å². The summed E-state index contributed by atoms with van der Waals surface area (Å²) in [5.74, 6) is -0.371. The zero-order valence-electron chi connectivity index (χ0n) is 15.9. The average Bonchev–Trinajstić information content (AvgIpc) is 2.72. The molecule has 7 heteroatoms. The Morgan fingerprint density at radius 3 is 2.31 bits per heavy atom. The largest absolute Gasteiger partial charge is 0.350 e. The van der Waals surface area contributed by atoms with Crippen molar-refractivity contribution in [3.05, 3.63) is 93.6 Å². The second-order valence-corrected chi connectivity index (χ2v) is 9.67. The highest BCUT2D eigenvalue weighted by atomic mass is 127. The molecule has 29 heavy (non-hydrogen) atoms. The van der Waals surface area contributed by atoms with Crippen molar-refractivity contribution in [3.8, 4) is 0 Å². The molecule has 1 amide bonds. The molecule has 0 spiro atoms. The normalized spacial score (nSPS) is 11.1. The molecule has 3 aromatic rings. The van der Waals surface area contributed by atoms with Crippen LogP contribution in [0.4, 0.5) is 5.69 Å². The summed E-state index contributed by atoms with van der Waals surface area (Å²) in [6.07, 6.45) is 0. The second kappa shape index (κ2) is 9.41. The van der Waals surface area contributed by atoms with Gasteiger partial charge in [0.05, 0.1) is 10.6 Å². The van der Waals surface area contributed by atoms with E-state index in [0.717, 1.165) is 19.0 Å². The van der Waals surface area contributed by atoms with Crippen LogP contribution in [0, 0.1) is 10.5 Å². The summed E-state index contributed by atoms with van der Waals surface area (Å²) in [5, 5.41) is 2.81. The molecule has 3 aromatic carbocycles. The van der Waals surface area contributed by atoms with Crippen molar-refractivity contribution < 1.29 is 13.2 Å². The lowest BCUT2D eigenvalue weighted by atomic mass is 10.1. The maximum absolute atomic E-state index is 13.2. The minimum Gasteiger partial charge on any atom is -0.350 e. The summed E-state index contributed by atoms with van der Waals surface area (Å²) in [5.41, 5.74) is 2.51. The van der Waals surface area contributed by atoms with Crippen molar-refractivity contribution in [2.24, 2.45) is 0 Å². The van der Waals surface area contributed by atoms with E-state index in [9.17, 15) is 13.2 Å². The molecule has 0 bridgehead atoms. The van der Waals surface area contributed by atoms with Crippen molar-refractivity contribution in [2.75, 3.05) is 10.8 Å². The van der Waals surface area contributed by atoms with E-state index in [4.69, 9.17) is 0 Å². The number of nitrogens with one attached hydrogen (secondary N) is 1. The first-order chi connectivity index (χ1) is 13.9. The molecule has 0 fully saturated rings. The molecular formula is C22H21IN2O3S.